The van der Waals surface area contributed by atoms with Gasteiger partial charge in [-0.2, -0.15) is 0 Å². The summed E-state index contributed by atoms with van der Waals surface area (Å²) in [7, 11) is 1.94. The van der Waals surface area contributed by atoms with E-state index in [1.54, 1.807) is 0 Å². The molecule has 5 nitrogen and oxygen atoms in total. The van der Waals surface area contributed by atoms with Crippen LogP contribution < -0.4 is 5.32 Å². The molecule has 1 aromatic heterocycles. The predicted molar refractivity (Wildman–Crippen MR) is 105 cm³/mol. The number of thioether (sulfide) groups is 1. The van der Waals surface area contributed by atoms with Crippen LogP contribution in [0, 0.1) is 6.92 Å². The van der Waals surface area contributed by atoms with Crippen LogP contribution in [0.3, 0.4) is 0 Å². The van der Waals surface area contributed by atoms with Gasteiger partial charge < -0.3 is 9.88 Å². The van der Waals surface area contributed by atoms with E-state index in [4.69, 9.17) is 0 Å². The van der Waals surface area contributed by atoms with E-state index in [1.165, 1.54) is 17.3 Å². The van der Waals surface area contributed by atoms with Crippen LogP contribution in [-0.4, -0.2) is 25.9 Å². The summed E-state index contributed by atoms with van der Waals surface area (Å²) in [5, 5.41) is 12.0. The number of aryl methyl sites for hydroxylation is 1. The molecule has 0 saturated heterocycles. The van der Waals surface area contributed by atoms with Crippen molar-refractivity contribution in [1.29, 1.82) is 0 Å². The van der Waals surface area contributed by atoms with Crippen LogP contribution in [0.1, 0.15) is 23.9 Å². The summed E-state index contributed by atoms with van der Waals surface area (Å²) in [6, 6.07) is 17.9. The molecular formula is C20H22N4OS. The molecule has 0 radical (unpaired) electrons. The number of anilines is 1. The normalized spacial score (nSPS) is 12.0. The Labute approximate surface area is 157 Å². The second-order valence-corrected chi connectivity index (χ2v) is 7.49. The van der Waals surface area contributed by atoms with Crippen molar-refractivity contribution >= 4 is 23.4 Å². The summed E-state index contributed by atoms with van der Waals surface area (Å²) in [5.74, 6) is 0.835. The van der Waals surface area contributed by atoms with Gasteiger partial charge in [-0.05, 0) is 31.0 Å². The fourth-order valence-electron chi connectivity index (χ4n) is 2.54. The Morgan fingerprint density at radius 1 is 1.12 bits per heavy atom. The molecule has 1 N–H and O–H groups in total. The molecular weight excluding hydrogens is 344 g/mol. The number of carbonyl (C=O) groups is 1. The largest absolute Gasteiger partial charge is 0.325 e. The van der Waals surface area contributed by atoms with E-state index in [0.29, 0.717) is 6.42 Å². The standard InChI is InChI=1S/C20H22N4OS/c1-14-9-7-8-12-17(14)21-19(25)15(2)26-20-23-22-18(24(20)3)13-16-10-5-4-6-11-16/h4-12,15H,13H2,1-3H3,(H,21,25)/t15-/m1/s1. The zero-order valence-electron chi connectivity index (χ0n) is 15.1. The zero-order valence-corrected chi connectivity index (χ0v) is 16.0. The molecule has 0 fully saturated rings. The number of hydrogen-bond donors (Lipinski definition) is 1. The van der Waals surface area contributed by atoms with Crippen LogP contribution in [-0.2, 0) is 18.3 Å². The van der Waals surface area contributed by atoms with E-state index in [-0.39, 0.29) is 11.2 Å². The van der Waals surface area contributed by atoms with Gasteiger partial charge in [0.1, 0.15) is 5.82 Å². The molecule has 0 bridgehead atoms. The Bertz CT molecular complexity index is 892. The van der Waals surface area contributed by atoms with Crippen molar-refractivity contribution in [2.75, 3.05) is 5.32 Å². The summed E-state index contributed by atoms with van der Waals surface area (Å²) in [5.41, 5.74) is 3.07. The molecule has 1 heterocycles. The van der Waals surface area contributed by atoms with E-state index < -0.39 is 0 Å². The lowest BCUT2D eigenvalue weighted by molar-refractivity contribution is -0.115. The Hall–Kier alpha value is -2.60. The molecule has 2 aromatic carbocycles. The first-order valence-electron chi connectivity index (χ1n) is 8.50. The third kappa shape index (κ3) is 4.32. The molecule has 1 atom stereocenters. The molecule has 0 aliphatic heterocycles. The molecule has 6 heteroatoms. The van der Waals surface area contributed by atoms with Gasteiger partial charge in [0.15, 0.2) is 5.16 Å². The average Bonchev–Trinajstić information content (AvgIpc) is 2.98. The van der Waals surface area contributed by atoms with E-state index in [1.807, 2.05) is 67.9 Å². The second-order valence-electron chi connectivity index (χ2n) is 6.18. The highest BCUT2D eigenvalue weighted by Crippen LogP contribution is 2.24. The van der Waals surface area contributed by atoms with Gasteiger partial charge >= 0.3 is 0 Å². The first kappa shape index (κ1) is 18.2. The highest BCUT2D eigenvalue weighted by atomic mass is 32.2. The number of hydrogen-bond acceptors (Lipinski definition) is 4. The van der Waals surface area contributed by atoms with Gasteiger partial charge in [-0.15, -0.1) is 10.2 Å². The number of nitrogens with one attached hydrogen (secondary N) is 1. The number of carbonyl (C=O) groups excluding carboxylic acids is 1. The zero-order chi connectivity index (χ0) is 18.5. The van der Waals surface area contributed by atoms with E-state index in [0.717, 1.165) is 22.2 Å². The van der Waals surface area contributed by atoms with Crippen molar-refractivity contribution in [3.05, 3.63) is 71.5 Å². The van der Waals surface area contributed by atoms with E-state index >= 15 is 0 Å². The number of para-hydroxylation sites is 1. The summed E-state index contributed by atoms with van der Waals surface area (Å²) >= 11 is 1.41. The van der Waals surface area contributed by atoms with E-state index in [2.05, 4.69) is 27.6 Å². The average molecular weight is 366 g/mol. The smallest absolute Gasteiger partial charge is 0.237 e. The number of benzene rings is 2. The minimum atomic E-state index is -0.276. The lowest BCUT2D eigenvalue weighted by atomic mass is 10.1. The minimum absolute atomic E-state index is 0.0445. The quantitative estimate of drug-likeness (QED) is 0.674. The minimum Gasteiger partial charge on any atom is -0.325 e. The van der Waals surface area contributed by atoms with Crippen molar-refractivity contribution in [1.82, 2.24) is 14.8 Å². The van der Waals surface area contributed by atoms with Crippen molar-refractivity contribution < 1.29 is 4.79 Å². The molecule has 0 unspecified atom stereocenters. The molecule has 1 amide bonds. The van der Waals surface area contributed by atoms with Gasteiger partial charge in [-0.3, -0.25) is 4.79 Å². The van der Waals surface area contributed by atoms with Crippen molar-refractivity contribution in [3.63, 3.8) is 0 Å². The fraction of sp³-hybridized carbons (Fsp3) is 0.250. The molecule has 0 saturated carbocycles. The lowest BCUT2D eigenvalue weighted by Crippen LogP contribution is -2.23. The van der Waals surface area contributed by atoms with Gasteiger partial charge in [-0.25, -0.2) is 0 Å². The second kappa shape index (κ2) is 8.19. The third-order valence-electron chi connectivity index (χ3n) is 4.18. The lowest BCUT2D eigenvalue weighted by Gasteiger charge is -2.13. The summed E-state index contributed by atoms with van der Waals surface area (Å²) < 4.78 is 1.95. The summed E-state index contributed by atoms with van der Waals surface area (Å²) in [6.45, 7) is 3.86. The van der Waals surface area contributed by atoms with Crippen LogP contribution >= 0.6 is 11.8 Å². The molecule has 26 heavy (non-hydrogen) atoms. The highest BCUT2D eigenvalue weighted by Gasteiger charge is 2.19. The number of rotatable bonds is 6. The Balaban J connectivity index is 1.65. The molecule has 0 aliphatic carbocycles. The Kier molecular flexibility index (Phi) is 5.73. The van der Waals surface area contributed by atoms with Crippen LogP contribution in [0.2, 0.25) is 0 Å². The Morgan fingerprint density at radius 3 is 2.54 bits per heavy atom. The van der Waals surface area contributed by atoms with E-state index in [9.17, 15) is 4.79 Å². The SMILES string of the molecule is Cc1ccccc1NC(=O)[C@@H](C)Sc1nnc(Cc2ccccc2)n1C. The Morgan fingerprint density at radius 2 is 1.81 bits per heavy atom. The van der Waals surface area contributed by atoms with Gasteiger partial charge in [0, 0.05) is 19.2 Å². The predicted octanol–water partition coefficient (Wildman–Crippen LogP) is 3.83. The van der Waals surface area contributed by atoms with Crippen LogP contribution in [0.25, 0.3) is 0 Å². The first-order valence-corrected chi connectivity index (χ1v) is 9.38. The van der Waals surface area contributed by atoms with Crippen molar-refractivity contribution in [2.45, 2.75) is 30.7 Å². The number of nitrogens with zero attached hydrogens (tertiary/aromatic N) is 3. The third-order valence-corrected chi connectivity index (χ3v) is 5.32. The van der Waals surface area contributed by atoms with Crippen LogP contribution in [0.5, 0.6) is 0 Å². The molecule has 0 spiro atoms. The number of aromatic nitrogens is 3. The van der Waals surface area contributed by atoms with Gasteiger partial charge in [0.05, 0.1) is 5.25 Å². The van der Waals surface area contributed by atoms with Crippen molar-refractivity contribution in [2.24, 2.45) is 7.05 Å². The van der Waals surface area contributed by atoms with Crippen molar-refractivity contribution in [3.8, 4) is 0 Å². The fourth-order valence-corrected chi connectivity index (χ4v) is 3.37. The monoisotopic (exact) mass is 366 g/mol. The van der Waals surface area contributed by atoms with Gasteiger partial charge in [0.25, 0.3) is 0 Å². The van der Waals surface area contributed by atoms with Gasteiger partial charge in [-0.1, -0.05) is 60.3 Å². The van der Waals surface area contributed by atoms with Gasteiger partial charge in [0.2, 0.25) is 5.91 Å². The highest BCUT2D eigenvalue weighted by molar-refractivity contribution is 8.00. The maximum atomic E-state index is 12.5. The maximum Gasteiger partial charge on any atom is 0.237 e. The summed E-state index contributed by atoms with van der Waals surface area (Å²) in [4.78, 5) is 12.5. The molecule has 134 valence electrons. The molecule has 0 aliphatic rings. The summed E-state index contributed by atoms with van der Waals surface area (Å²) in [6.07, 6.45) is 0.717. The number of amides is 1. The first-order chi connectivity index (χ1) is 12.5. The van der Waals surface area contributed by atoms with Crippen LogP contribution in [0.15, 0.2) is 59.8 Å². The van der Waals surface area contributed by atoms with Crippen LogP contribution in [0.4, 0.5) is 5.69 Å². The molecule has 3 rings (SSSR count). The molecule has 3 aromatic rings. The maximum absolute atomic E-state index is 12.5. The topological polar surface area (TPSA) is 59.8 Å².